The third-order valence-corrected chi connectivity index (χ3v) is 6.16. The first-order valence-electron chi connectivity index (χ1n) is 10.8. The number of fused-ring (bicyclic) bond motifs is 1. The van der Waals surface area contributed by atoms with E-state index in [1.807, 2.05) is 48.2 Å². The minimum atomic E-state index is -0.485. The Balaban J connectivity index is 1.70. The number of para-hydroxylation sites is 2. The van der Waals surface area contributed by atoms with Gasteiger partial charge in [0.1, 0.15) is 5.70 Å². The highest BCUT2D eigenvalue weighted by atomic mass is 16.6. The Morgan fingerprint density at radius 1 is 0.848 bits per heavy atom. The van der Waals surface area contributed by atoms with Gasteiger partial charge in [-0.15, -0.1) is 0 Å². The average Bonchev–Trinajstić information content (AvgIpc) is 3.09. The van der Waals surface area contributed by atoms with E-state index in [0.717, 1.165) is 29.7 Å². The largest absolute Gasteiger partial charge is 0.336 e. The molecule has 5 rings (SSSR count). The maximum absolute atomic E-state index is 13.8. The molecule has 0 saturated heterocycles. The van der Waals surface area contributed by atoms with Crippen LogP contribution in [0.5, 0.6) is 0 Å². The van der Waals surface area contributed by atoms with Crippen molar-refractivity contribution in [1.82, 2.24) is 0 Å². The van der Waals surface area contributed by atoms with E-state index in [2.05, 4.69) is 0 Å². The zero-order valence-corrected chi connectivity index (χ0v) is 18.0. The van der Waals surface area contributed by atoms with Gasteiger partial charge in [-0.1, -0.05) is 36.4 Å². The summed E-state index contributed by atoms with van der Waals surface area (Å²) in [5, 5.41) is 11.1. The zero-order chi connectivity index (χ0) is 23.1. The average molecular weight is 439 g/mol. The highest BCUT2D eigenvalue weighted by Crippen LogP contribution is 2.40. The summed E-state index contributed by atoms with van der Waals surface area (Å²) in [5.74, 6) is -0.819. The molecule has 0 atom stereocenters. The van der Waals surface area contributed by atoms with E-state index in [1.54, 1.807) is 12.1 Å². The lowest BCUT2D eigenvalue weighted by Crippen LogP contribution is -2.37. The number of benzene rings is 3. The van der Waals surface area contributed by atoms with Crippen LogP contribution in [0.3, 0.4) is 0 Å². The summed E-state index contributed by atoms with van der Waals surface area (Å²) in [6.45, 7) is 2.46. The molecule has 7 nitrogen and oxygen atoms in total. The maximum atomic E-state index is 13.8. The van der Waals surface area contributed by atoms with Crippen molar-refractivity contribution >= 4 is 34.4 Å². The van der Waals surface area contributed by atoms with Crippen LogP contribution in [0.15, 0.2) is 78.5 Å². The van der Waals surface area contributed by atoms with Crippen molar-refractivity contribution in [3.63, 3.8) is 0 Å². The van der Waals surface area contributed by atoms with E-state index >= 15 is 0 Å². The summed E-state index contributed by atoms with van der Waals surface area (Å²) in [5.41, 5.74) is 4.35. The second-order valence-corrected chi connectivity index (χ2v) is 8.14. The van der Waals surface area contributed by atoms with Gasteiger partial charge >= 0.3 is 0 Å². The number of hydrogen-bond donors (Lipinski definition) is 0. The van der Waals surface area contributed by atoms with Crippen molar-refractivity contribution in [3.05, 3.63) is 105 Å². The van der Waals surface area contributed by atoms with Crippen molar-refractivity contribution in [2.45, 2.75) is 19.8 Å². The SMILES string of the molecule is Cc1ccccc1N1C(=O)C(c2ccc([N+](=O)[O-])cc2)=C(N2CCCc3ccccc32)C1=O. The van der Waals surface area contributed by atoms with E-state index in [-0.39, 0.29) is 17.2 Å². The Bertz CT molecular complexity index is 1330. The van der Waals surface area contributed by atoms with Gasteiger partial charge in [0.25, 0.3) is 17.5 Å². The number of hydrogen-bond acceptors (Lipinski definition) is 5. The summed E-state index contributed by atoms with van der Waals surface area (Å²) in [4.78, 5) is 41.4. The van der Waals surface area contributed by atoms with Gasteiger partial charge in [0, 0.05) is 24.4 Å². The topological polar surface area (TPSA) is 83.8 Å². The molecule has 2 amide bonds. The highest BCUT2D eigenvalue weighted by molar-refractivity contribution is 6.46. The molecular formula is C26H21N3O4. The van der Waals surface area contributed by atoms with Gasteiger partial charge in [-0.25, -0.2) is 4.90 Å². The molecule has 0 aliphatic carbocycles. The van der Waals surface area contributed by atoms with Crippen LogP contribution in [0.4, 0.5) is 17.1 Å². The predicted molar refractivity (Wildman–Crippen MR) is 126 cm³/mol. The van der Waals surface area contributed by atoms with Gasteiger partial charge in [0.05, 0.1) is 16.2 Å². The standard InChI is InChI=1S/C26H21N3O4/c1-17-7-2-4-10-21(17)28-25(30)23(19-12-14-20(15-13-19)29(32)33)24(26(28)31)27-16-6-9-18-8-3-5-11-22(18)27/h2-5,7-8,10-15H,6,9,16H2,1H3. The van der Waals surface area contributed by atoms with Gasteiger partial charge in [0.15, 0.2) is 0 Å². The molecule has 2 aliphatic rings. The number of carbonyl (C=O) groups is 2. The number of rotatable bonds is 4. The fraction of sp³-hybridized carbons (Fsp3) is 0.154. The zero-order valence-electron chi connectivity index (χ0n) is 18.0. The fourth-order valence-corrected chi connectivity index (χ4v) is 4.58. The number of anilines is 2. The third kappa shape index (κ3) is 3.38. The summed E-state index contributed by atoms with van der Waals surface area (Å²) in [6.07, 6.45) is 1.75. The quantitative estimate of drug-likeness (QED) is 0.336. The Labute approximate surface area is 190 Å². The Morgan fingerprint density at radius 3 is 2.21 bits per heavy atom. The summed E-state index contributed by atoms with van der Waals surface area (Å²) in [7, 11) is 0. The van der Waals surface area contributed by atoms with Gasteiger partial charge in [0.2, 0.25) is 0 Å². The van der Waals surface area contributed by atoms with Crippen LogP contribution in [-0.4, -0.2) is 23.3 Å². The van der Waals surface area contributed by atoms with Crippen molar-refractivity contribution < 1.29 is 14.5 Å². The van der Waals surface area contributed by atoms with Crippen LogP contribution in [-0.2, 0) is 16.0 Å². The number of nitro groups is 1. The molecule has 2 aliphatic heterocycles. The lowest BCUT2D eigenvalue weighted by atomic mass is 9.98. The second kappa shape index (κ2) is 8.02. The van der Waals surface area contributed by atoms with E-state index in [0.29, 0.717) is 23.5 Å². The Kier molecular flexibility index (Phi) is 5.01. The molecule has 3 aromatic rings. The monoisotopic (exact) mass is 439 g/mol. The van der Waals surface area contributed by atoms with Crippen molar-refractivity contribution in [3.8, 4) is 0 Å². The predicted octanol–water partition coefficient (Wildman–Crippen LogP) is 4.64. The molecule has 2 heterocycles. The first-order valence-corrected chi connectivity index (χ1v) is 10.8. The number of imide groups is 1. The molecule has 7 heteroatoms. The molecule has 0 unspecified atom stereocenters. The first-order chi connectivity index (χ1) is 16.0. The van der Waals surface area contributed by atoms with Crippen LogP contribution in [0, 0.1) is 17.0 Å². The van der Waals surface area contributed by atoms with Crippen LogP contribution < -0.4 is 9.80 Å². The molecule has 0 aromatic heterocycles. The second-order valence-electron chi connectivity index (χ2n) is 8.14. The van der Waals surface area contributed by atoms with Crippen LogP contribution in [0.25, 0.3) is 5.57 Å². The number of carbonyl (C=O) groups excluding carboxylic acids is 2. The molecule has 0 bridgehead atoms. The fourth-order valence-electron chi connectivity index (χ4n) is 4.58. The van der Waals surface area contributed by atoms with Crippen molar-refractivity contribution in [2.75, 3.05) is 16.3 Å². The summed E-state index contributed by atoms with van der Waals surface area (Å²) in [6, 6.07) is 20.9. The van der Waals surface area contributed by atoms with E-state index < -0.39 is 10.8 Å². The number of aryl methyl sites for hydroxylation is 2. The normalized spacial score (nSPS) is 15.8. The molecule has 33 heavy (non-hydrogen) atoms. The van der Waals surface area contributed by atoms with E-state index in [9.17, 15) is 19.7 Å². The first kappa shape index (κ1) is 20.6. The lowest BCUT2D eigenvalue weighted by Gasteiger charge is -2.32. The van der Waals surface area contributed by atoms with Gasteiger partial charge in [-0.05, 0) is 60.7 Å². The van der Waals surface area contributed by atoms with Crippen LogP contribution in [0.1, 0.15) is 23.1 Å². The smallest absolute Gasteiger partial charge is 0.282 e. The number of amides is 2. The molecular weight excluding hydrogens is 418 g/mol. The van der Waals surface area contributed by atoms with E-state index in [1.165, 1.54) is 29.2 Å². The third-order valence-electron chi connectivity index (χ3n) is 6.16. The van der Waals surface area contributed by atoms with Gasteiger partial charge < -0.3 is 4.90 Å². The Hall–Kier alpha value is -4.26. The molecule has 164 valence electrons. The minimum absolute atomic E-state index is 0.0725. The van der Waals surface area contributed by atoms with Crippen LogP contribution in [0.2, 0.25) is 0 Å². The number of nitro benzene ring substituents is 1. The van der Waals surface area contributed by atoms with E-state index in [4.69, 9.17) is 0 Å². The lowest BCUT2D eigenvalue weighted by molar-refractivity contribution is -0.384. The number of nitrogens with zero attached hydrogens (tertiary/aromatic N) is 3. The number of non-ortho nitro benzene ring substituents is 1. The summed E-state index contributed by atoms with van der Waals surface area (Å²) >= 11 is 0. The summed E-state index contributed by atoms with van der Waals surface area (Å²) < 4.78 is 0. The minimum Gasteiger partial charge on any atom is -0.336 e. The van der Waals surface area contributed by atoms with Crippen molar-refractivity contribution in [2.24, 2.45) is 0 Å². The van der Waals surface area contributed by atoms with Crippen LogP contribution >= 0.6 is 0 Å². The molecule has 0 N–H and O–H groups in total. The Morgan fingerprint density at radius 2 is 1.52 bits per heavy atom. The molecule has 0 fully saturated rings. The molecule has 0 spiro atoms. The molecule has 3 aromatic carbocycles. The van der Waals surface area contributed by atoms with Crippen molar-refractivity contribution in [1.29, 1.82) is 0 Å². The van der Waals surface area contributed by atoms with Gasteiger partial charge in [-0.3, -0.25) is 19.7 Å². The van der Waals surface area contributed by atoms with Gasteiger partial charge in [-0.2, -0.15) is 0 Å². The maximum Gasteiger partial charge on any atom is 0.282 e. The molecule has 0 saturated carbocycles. The highest BCUT2D eigenvalue weighted by Gasteiger charge is 2.44. The molecule has 0 radical (unpaired) electrons.